The van der Waals surface area contributed by atoms with Crippen LogP contribution in [0.25, 0.3) is 0 Å². The lowest BCUT2D eigenvalue weighted by atomic mass is 9.93. The van der Waals surface area contributed by atoms with E-state index in [1.807, 2.05) is 23.6 Å². The number of benzene rings is 1. The van der Waals surface area contributed by atoms with Gasteiger partial charge >= 0.3 is 0 Å². The lowest BCUT2D eigenvalue weighted by Gasteiger charge is -2.14. The van der Waals surface area contributed by atoms with E-state index in [1.165, 1.54) is 0 Å². The van der Waals surface area contributed by atoms with Crippen molar-refractivity contribution in [3.05, 3.63) is 48.8 Å². The van der Waals surface area contributed by atoms with Crippen LogP contribution in [0.15, 0.2) is 32.5 Å². The van der Waals surface area contributed by atoms with E-state index in [4.69, 9.17) is 0 Å². The summed E-state index contributed by atoms with van der Waals surface area (Å²) in [7, 11) is 0. The quantitative estimate of drug-likeness (QED) is 0.627. The highest BCUT2D eigenvalue weighted by molar-refractivity contribution is 9.11. The smallest absolute Gasteiger partial charge is 0.170 e. The minimum atomic E-state index is 0.0220. The minimum absolute atomic E-state index is 0.0220. The lowest BCUT2D eigenvalue weighted by Crippen LogP contribution is -2.12. The highest BCUT2D eigenvalue weighted by Gasteiger charge is 2.19. The number of carbonyl (C=O) groups excluding carboxylic acids is 1. The van der Waals surface area contributed by atoms with E-state index in [0.717, 1.165) is 19.6 Å². The fourth-order valence-electron chi connectivity index (χ4n) is 1.68. The molecule has 0 radical (unpaired) electrons. The lowest BCUT2D eigenvalue weighted by molar-refractivity contribution is 0.0992. The van der Waals surface area contributed by atoms with Crippen molar-refractivity contribution in [2.24, 2.45) is 0 Å². The largest absolute Gasteiger partial charge is 0.294 e. The Morgan fingerprint density at radius 1 is 1.30 bits per heavy atom. The molecule has 0 saturated heterocycles. The fraction of sp³-hybridized carbons (Fsp3) is 0.333. The Bertz CT molecular complexity index is 644. The van der Waals surface area contributed by atoms with E-state index in [0.29, 0.717) is 12.0 Å². The predicted molar refractivity (Wildman–Crippen MR) is 90.7 cm³/mol. The van der Waals surface area contributed by atoms with Crippen LogP contribution in [0.4, 0.5) is 0 Å². The van der Waals surface area contributed by atoms with E-state index in [-0.39, 0.29) is 11.2 Å². The first-order valence-corrected chi connectivity index (χ1v) is 8.67. The summed E-state index contributed by atoms with van der Waals surface area (Å²) in [4.78, 5) is 16.9. The van der Waals surface area contributed by atoms with Crippen molar-refractivity contribution in [1.82, 2.24) is 4.98 Å². The normalized spacial score (nSPS) is 11.7. The van der Waals surface area contributed by atoms with Crippen molar-refractivity contribution in [2.75, 3.05) is 0 Å². The number of carbonyl (C=O) groups is 1. The van der Waals surface area contributed by atoms with Gasteiger partial charge in [0.25, 0.3) is 0 Å². The highest BCUT2D eigenvalue weighted by atomic mass is 79.9. The molecule has 0 aliphatic rings. The Balaban J connectivity index is 2.20. The molecule has 0 fully saturated rings. The maximum absolute atomic E-state index is 12.4. The van der Waals surface area contributed by atoms with Crippen LogP contribution in [0.2, 0.25) is 0 Å². The minimum Gasteiger partial charge on any atom is -0.294 e. The second-order valence-electron chi connectivity index (χ2n) is 5.60. The van der Waals surface area contributed by atoms with Crippen LogP contribution in [0.1, 0.15) is 41.8 Å². The van der Waals surface area contributed by atoms with Gasteiger partial charge in [0.1, 0.15) is 5.01 Å². The molecule has 2 nitrogen and oxygen atoms in total. The molecule has 2 aromatic rings. The molecule has 0 saturated carbocycles. The zero-order valence-electron chi connectivity index (χ0n) is 11.5. The Morgan fingerprint density at radius 3 is 2.60 bits per heavy atom. The zero-order valence-corrected chi connectivity index (χ0v) is 15.5. The first kappa shape index (κ1) is 15.9. The first-order chi connectivity index (χ1) is 9.27. The van der Waals surface area contributed by atoms with Gasteiger partial charge in [-0.3, -0.25) is 4.79 Å². The van der Waals surface area contributed by atoms with Crippen molar-refractivity contribution in [1.29, 1.82) is 0 Å². The van der Waals surface area contributed by atoms with E-state index < -0.39 is 0 Å². The molecule has 1 aromatic carbocycles. The third kappa shape index (κ3) is 3.77. The van der Waals surface area contributed by atoms with Gasteiger partial charge in [0, 0.05) is 25.3 Å². The Morgan fingerprint density at radius 2 is 2.00 bits per heavy atom. The van der Waals surface area contributed by atoms with Crippen molar-refractivity contribution in [2.45, 2.75) is 32.6 Å². The molecule has 1 aromatic heterocycles. The molecule has 0 N–H and O–H groups in total. The maximum atomic E-state index is 12.4. The topological polar surface area (TPSA) is 30.0 Å². The van der Waals surface area contributed by atoms with Crippen LogP contribution in [-0.2, 0) is 11.8 Å². The summed E-state index contributed by atoms with van der Waals surface area (Å²) < 4.78 is 1.72. The molecular formula is C15H15Br2NOS. The number of hydrogen-bond acceptors (Lipinski definition) is 3. The van der Waals surface area contributed by atoms with Crippen LogP contribution in [0, 0.1) is 0 Å². The summed E-state index contributed by atoms with van der Waals surface area (Å²) in [5.74, 6) is 0.0768. The van der Waals surface area contributed by atoms with Gasteiger partial charge in [0.15, 0.2) is 5.78 Å². The number of hydrogen-bond donors (Lipinski definition) is 0. The Kier molecular flexibility index (Phi) is 4.82. The number of halogens is 2. The Hall–Kier alpha value is -0.520. The third-order valence-corrected chi connectivity index (χ3v) is 4.89. The van der Waals surface area contributed by atoms with Gasteiger partial charge in [-0.25, -0.2) is 4.98 Å². The zero-order chi connectivity index (χ0) is 14.9. The van der Waals surface area contributed by atoms with E-state index >= 15 is 0 Å². The van der Waals surface area contributed by atoms with E-state index in [1.54, 1.807) is 11.3 Å². The molecule has 0 aliphatic carbocycles. The summed E-state index contributed by atoms with van der Waals surface area (Å²) in [5.41, 5.74) is 1.75. The van der Waals surface area contributed by atoms with Gasteiger partial charge in [-0.15, -0.1) is 11.3 Å². The monoisotopic (exact) mass is 415 g/mol. The van der Waals surface area contributed by atoms with Gasteiger partial charge < -0.3 is 0 Å². The maximum Gasteiger partial charge on any atom is 0.170 e. The highest BCUT2D eigenvalue weighted by Crippen LogP contribution is 2.26. The van der Waals surface area contributed by atoms with Gasteiger partial charge in [0.2, 0.25) is 0 Å². The van der Waals surface area contributed by atoms with Gasteiger partial charge in [-0.05, 0) is 18.2 Å². The molecule has 1 heterocycles. The van der Waals surface area contributed by atoms with Crippen molar-refractivity contribution < 1.29 is 4.79 Å². The fourth-order valence-corrected chi connectivity index (χ4v) is 3.53. The van der Waals surface area contributed by atoms with Gasteiger partial charge in [-0.2, -0.15) is 0 Å². The summed E-state index contributed by atoms with van der Waals surface area (Å²) in [6.45, 7) is 6.37. The standard InChI is InChI=1S/C15H15Br2NOS/c1-15(2,3)13-8-20-14(18-13)7-12(19)10-6-9(16)4-5-11(10)17/h4-6,8H,7H2,1-3H3. The van der Waals surface area contributed by atoms with Crippen LogP contribution < -0.4 is 0 Å². The molecular weight excluding hydrogens is 402 g/mol. The van der Waals surface area contributed by atoms with Crippen molar-refractivity contribution in [3.8, 4) is 0 Å². The molecule has 20 heavy (non-hydrogen) atoms. The molecule has 106 valence electrons. The second kappa shape index (κ2) is 6.08. The number of nitrogens with zero attached hydrogens (tertiary/aromatic N) is 1. The number of rotatable bonds is 3. The molecule has 0 spiro atoms. The number of thiazole rings is 1. The van der Waals surface area contributed by atoms with Gasteiger partial charge in [0.05, 0.1) is 12.1 Å². The predicted octanol–water partition coefficient (Wildman–Crippen LogP) is 5.39. The third-order valence-electron chi connectivity index (χ3n) is 2.86. The first-order valence-electron chi connectivity index (χ1n) is 6.20. The molecule has 0 amide bonds. The summed E-state index contributed by atoms with van der Waals surface area (Å²) in [6.07, 6.45) is 0.343. The summed E-state index contributed by atoms with van der Waals surface area (Å²) in [6, 6.07) is 5.62. The molecule has 2 rings (SSSR count). The van der Waals surface area contributed by atoms with Crippen LogP contribution >= 0.6 is 43.2 Å². The number of ketones is 1. The number of aromatic nitrogens is 1. The molecule has 5 heteroatoms. The summed E-state index contributed by atoms with van der Waals surface area (Å²) in [5, 5.41) is 2.91. The number of Topliss-reactive ketones (excluding diaryl/α,β-unsaturated/α-hetero) is 1. The average Bonchev–Trinajstić information content (AvgIpc) is 2.80. The van der Waals surface area contributed by atoms with Crippen molar-refractivity contribution in [3.63, 3.8) is 0 Å². The van der Waals surface area contributed by atoms with Crippen LogP contribution in [0.5, 0.6) is 0 Å². The molecule has 0 atom stereocenters. The SMILES string of the molecule is CC(C)(C)c1csc(CC(=O)c2cc(Br)ccc2Br)n1. The molecule has 0 unspecified atom stereocenters. The average molecular weight is 417 g/mol. The second-order valence-corrected chi connectivity index (χ2v) is 8.31. The summed E-state index contributed by atoms with van der Waals surface area (Å²) >= 11 is 8.37. The van der Waals surface area contributed by atoms with E-state index in [9.17, 15) is 4.79 Å². The van der Waals surface area contributed by atoms with Crippen LogP contribution in [-0.4, -0.2) is 10.8 Å². The van der Waals surface area contributed by atoms with E-state index in [2.05, 4.69) is 57.6 Å². The van der Waals surface area contributed by atoms with Gasteiger partial charge in [-0.1, -0.05) is 52.6 Å². The Labute approximate surface area is 139 Å². The molecule has 0 bridgehead atoms. The van der Waals surface area contributed by atoms with Crippen LogP contribution in [0.3, 0.4) is 0 Å². The van der Waals surface area contributed by atoms with Crippen molar-refractivity contribution >= 4 is 49.0 Å². The molecule has 0 aliphatic heterocycles.